The summed E-state index contributed by atoms with van der Waals surface area (Å²) in [5.41, 5.74) is 0. The molecule has 0 spiro atoms. The lowest BCUT2D eigenvalue weighted by Crippen LogP contribution is -2.20. The highest BCUT2D eigenvalue weighted by Gasteiger charge is 1.96. The van der Waals surface area contributed by atoms with Gasteiger partial charge in [0.15, 0.2) is 0 Å². The molecule has 0 aliphatic carbocycles. The van der Waals surface area contributed by atoms with Crippen LogP contribution in [-0.4, -0.2) is 13.1 Å². The van der Waals surface area contributed by atoms with E-state index in [1.807, 2.05) is 13.1 Å². The van der Waals surface area contributed by atoms with Crippen LogP contribution in [0, 0.1) is 0 Å². The number of hydrogen-bond acceptors (Lipinski definition) is 1. The molecule has 72 valence electrons. The molecule has 12 heavy (non-hydrogen) atoms. The largest absolute Gasteiger partial charge is 0.317 e. The summed E-state index contributed by atoms with van der Waals surface area (Å²) in [5, 5.41) is 3.25. The predicted octanol–water partition coefficient (Wildman–Crippen LogP) is 3.12. The SMILES string of the molecule is C=CCCCCCCC(C)NC. The lowest BCUT2D eigenvalue weighted by atomic mass is 10.1. The Labute approximate surface area is 77.2 Å². The molecule has 1 heteroatoms. The first-order chi connectivity index (χ1) is 5.81. The van der Waals surface area contributed by atoms with Gasteiger partial charge in [-0.25, -0.2) is 0 Å². The van der Waals surface area contributed by atoms with E-state index in [0.717, 1.165) is 0 Å². The Morgan fingerprint density at radius 2 is 1.92 bits per heavy atom. The Hall–Kier alpha value is -0.300. The minimum atomic E-state index is 0.685. The minimum absolute atomic E-state index is 0.685. The van der Waals surface area contributed by atoms with Crippen molar-refractivity contribution in [3.8, 4) is 0 Å². The Morgan fingerprint density at radius 3 is 2.50 bits per heavy atom. The molecule has 0 aromatic rings. The third-order valence-corrected chi connectivity index (χ3v) is 2.29. The summed E-state index contributed by atoms with van der Waals surface area (Å²) in [7, 11) is 2.03. The second-order valence-corrected chi connectivity index (χ2v) is 3.47. The Balaban J connectivity index is 2.95. The van der Waals surface area contributed by atoms with Crippen molar-refractivity contribution in [2.45, 2.75) is 51.5 Å². The summed E-state index contributed by atoms with van der Waals surface area (Å²) in [5.74, 6) is 0. The van der Waals surface area contributed by atoms with Gasteiger partial charge in [-0.05, 0) is 33.2 Å². The summed E-state index contributed by atoms with van der Waals surface area (Å²) >= 11 is 0. The molecule has 1 nitrogen and oxygen atoms in total. The lowest BCUT2D eigenvalue weighted by molar-refractivity contribution is 0.515. The highest BCUT2D eigenvalue weighted by molar-refractivity contribution is 4.65. The molecule has 1 N–H and O–H groups in total. The maximum Gasteiger partial charge on any atom is 0.00357 e. The highest BCUT2D eigenvalue weighted by atomic mass is 14.8. The molecule has 0 bridgehead atoms. The molecule has 0 aromatic carbocycles. The average Bonchev–Trinajstić information content (AvgIpc) is 2.10. The zero-order chi connectivity index (χ0) is 9.23. The van der Waals surface area contributed by atoms with E-state index >= 15 is 0 Å². The number of nitrogens with one attached hydrogen (secondary N) is 1. The van der Waals surface area contributed by atoms with Crippen molar-refractivity contribution < 1.29 is 0 Å². The van der Waals surface area contributed by atoms with Crippen molar-refractivity contribution in [3.63, 3.8) is 0 Å². The first-order valence-electron chi connectivity index (χ1n) is 5.09. The first kappa shape index (κ1) is 11.7. The van der Waals surface area contributed by atoms with E-state index < -0.39 is 0 Å². The Bertz CT molecular complexity index is 99.2. The zero-order valence-electron chi connectivity index (χ0n) is 8.60. The van der Waals surface area contributed by atoms with Crippen molar-refractivity contribution in [1.29, 1.82) is 0 Å². The smallest absolute Gasteiger partial charge is 0.00357 e. The maximum atomic E-state index is 3.71. The molecule has 0 fully saturated rings. The molecule has 0 amide bonds. The molecule has 1 atom stereocenters. The van der Waals surface area contributed by atoms with Gasteiger partial charge >= 0.3 is 0 Å². The van der Waals surface area contributed by atoms with Gasteiger partial charge in [0.05, 0.1) is 0 Å². The fraction of sp³-hybridized carbons (Fsp3) is 0.818. The summed E-state index contributed by atoms with van der Waals surface area (Å²) in [4.78, 5) is 0. The van der Waals surface area contributed by atoms with Gasteiger partial charge in [-0.3, -0.25) is 0 Å². The minimum Gasteiger partial charge on any atom is -0.317 e. The molecule has 0 radical (unpaired) electrons. The Kier molecular flexibility index (Phi) is 8.57. The zero-order valence-corrected chi connectivity index (χ0v) is 8.60. The third kappa shape index (κ3) is 7.80. The summed E-state index contributed by atoms with van der Waals surface area (Å²) in [6.45, 7) is 5.95. The van der Waals surface area contributed by atoms with Crippen LogP contribution in [0.3, 0.4) is 0 Å². The van der Waals surface area contributed by atoms with Gasteiger partial charge in [0.25, 0.3) is 0 Å². The van der Waals surface area contributed by atoms with E-state index in [-0.39, 0.29) is 0 Å². The number of hydrogen-bond donors (Lipinski definition) is 1. The average molecular weight is 169 g/mol. The van der Waals surface area contributed by atoms with E-state index in [4.69, 9.17) is 0 Å². The van der Waals surface area contributed by atoms with Gasteiger partial charge < -0.3 is 5.32 Å². The van der Waals surface area contributed by atoms with Crippen LogP contribution < -0.4 is 5.32 Å². The molecule has 0 saturated carbocycles. The van der Waals surface area contributed by atoms with E-state index in [2.05, 4.69) is 18.8 Å². The van der Waals surface area contributed by atoms with Crippen molar-refractivity contribution in [2.75, 3.05) is 7.05 Å². The molecule has 0 saturated heterocycles. The van der Waals surface area contributed by atoms with Crippen molar-refractivity contribution >= 4 is 0 Å². The van der Waals surface area contributed by atoms with Gasteiger partial charge in [0.1, 0.15) is 0 Å². The molecular formula is C11H23N. The number of unbranched alkanes of at least 4 members (excludes halogenated alkanes) is 4. The van der Waals surface area contributed by atoms with Crippen molar-refractivity contribution in [2.24, 2.45) is 0 Å². The van der Waals surface area contributed by atoms with E-state index in [1.165, 1.54) is 38.5 Å². The molecule has 0 rings (SSSR count). The highest BCUT2D eigenvalue weighted by Crippen LogP contribution is 2.06. The summed E-state index contributed by atoms with van der Waals surface area (Å²) in [6, 6.07) is 0.685. The van der Waals surface area contributed by atoms with Crippen molar-refractivity contribution in [3.05, 3.63) is 12.7 Å². The standard InChI is InChI=1S/C11H23N/c1-4-5-6-7-8-9-10-11(2)12-3/h4,11-12H,1,5-10H2,2-3H3. The molecule has 0 aromatic heterocycles. The van der Waals surface area contributed by atoms with Crippen LogP contribution in [-0.2, 0) is 0 Å². The number of allylic oxidation sites excluding steroid dienone is 1. The van der Waals surface area contributed by atoms with Gasteiger partial charge in [-0.2, -0.15) is 0 Å². The number of rotatable bonds is 8. The van der Waals surface area contributed by atoms with Gasteiger partial charge in [0.2, 0.25) is 0 Å². The van der Waals surface area contributed by atoms with Crippen LogP contribution in [0.5, 0.6) is 0 Å². The first-order valence-corrected chi connectivity index (χ1v) is 5.09. The van der Waals surface area contributed by atoms with Crippen LogP contribution in [0.4, 0.5) is 0 Å². The predicted molar refractivity (Wildman–Crippen MR) is 56.4 cm³/mol. The molecule has 0 aliphatic rings. The van der Waals surface area contributed by atoms with Crippen LogP contribution in [0.25, 0.3) is 0 Å². The molecular weight excluding hydrogens is 146 g/mol. The Morgan fingerprint density at radius 1 is 1.25 bits per heavy atom. The second-order valence-electron chi connectivity index (χ2n) is 3.47. The van der Waals surface area contributed by atoms with Gasteiger partial charge in [-0.15, -0.1) is 6.58 Å². The lowest BCUT2D eigenvalue weighted by Gasteiger charge is -2.08. The third-order valence-electron chi connectivity index (χ3n) is 2.29. The van der Waals surface area contributed by atoms with Crippen LogP contribution in [0.1, 0.15) is 45.4 Å². The molecule has 1 unspecified atom stereocenters. The van der Waals surface area contributed by atoms with Gasteiger partial charge in [-0.1, -0.05) is 25.3 Å². The fourth-order valence-electron chi connectivity index (χ4n) is 1.24. The normalized spacial score (nSPS) is 12.8. The topological polar surface area (TPSA) is 12.0 Å². The van der Waals surface area contributed by atoms with Crippen LogP contribution in [0.15, 0.2) is 12.7 Å². The van der Waals surface area contributed by atoms with Crippen LogP contribution in [0.2, 0.25) is 0 Å². The van der Waals surface area contributed by atoms with E-state index in [1.54, 1.807) is 0 Å². The fourth-order valence-corrected chi connectivity index (χ4v) is 1.24. The summed E-state index contributed by atoms with van der Waals surface area (Å²) < 4.78 is 0. The van der Waals surface area contributed by atoms with E-state index in [9.17, 15) is 0 Å². The quantitative estimate of drug-likeness (QED) is 0.435. The van der Waals surface area contributed by atoms with Crippen molar-refractivity contribution in [1.82, 2.24) is 5.32 Å². The van der Waals surface area contributed by atoms with Gasteiger partial charge in [0, 0.05) is 6.04 Å². The second kappa shape index (κ2) is 8.79. The van der Waals surface area contributed by atoms with Crippen LogP contribution >= 0.6 is 0 Å². The van der Waals surface area contributed by atoms with E-state index in [0.29, 0.717) is 6.04 Å². The molecule has 0 heterocycles. The maximum absolute atomic E-state index is 3.71. The monoisotopic (exact) mass is 169 g/mol. The summed E-state index contributed by atoms with van der Waals surface area (Å²) in [6.07, 6.45) is 9.92. The molecule has 0 aliphatic heterocycles.